The third-order valence-electron chi connectivity index (χ3n) is 9.83. The van der Waals surface area contributed by atoms with Gasteiger partial charge in [-0.2, -0.15) is 4.31 Å². The third kappa shape index (κ3) is 6.10. The Morgan fingerprint density at radius 2 is 1.78 bits per heavy atom. The molecule has 2 aliphatic rings. The lowest BCUT2D eigenvalue weighted by Crippen LogP contribution is -2.48. The Hall–Kier alpha value is -3.39. The number of fused-ring (bicyclic) bond motifs is 1. The van der Waals surface area contributed by atoms with E-state index in [0.29, 0.717) is 39.3 Å². The molecule has 0 bridgehead atoms. The number of hydrogen-bond acceptors (Lipinski definition) is 9. The van der Waals surface area contributed by atoms with E-state index >= 15 is 0 Å². The SMILES string of the molecule is COc1cc(C)c(S(=O)(=O)N(C)C(C)c2nc3c(C(=O)N4CCC5(CCN(Cc6csnn6)CC5)CC4)cccc3[nH]2)c(C)c1. The zero-order valence-corrected chi connectivity index (χ0v) is 28.2. The standard InChI is InChI=1S/C32H41N7O4S2/c1-21-17-25(43-5)18-22(2)29(21)45(41,42)37(4)23(3)30-33-27-8-6-7-26(28(27)34-30)31(40)39-15-11-32(12-16-39)9-13-38(14-10-32)19-24-20-44-36-35-24/h6-8,17-18,20,23H,9-16,19H2,1-5H3,(H,33,34). The number of amides is 1. The first kappa shape index (κ1) is 31.6. The second kappa shape index (κ2) is 12.4. The number of methoxy groups -OCH3 is 1. The van der Waals surface area contributed by atoms with Crippen LogP contribution in [0.1, 0.15) is 71.7 Å². The van der Waals surface area contributed by atoms with E-state index in [2.05, 4.69) is 19.5 Å². The topological polar surface area (TPSA) is 125 Å². The normalized spacial score (nSPS) is 18.1. The third-order valence-corrected chi connectivity index (χ3v) is 12.6. The zero-order chi connectivity index (χ0) is 31.9. The van der Waals surface area contributed by atoms with Crippen LogP contribution < -0.4 is 4.74 Å². The van der Waals surface area contributed by atoms with E-state index in [1.54, 1.807) is 47.1 Å². The van der Waals surface area contributed by atoms with Gasteiger partial charge in [0.05, 0.1) is 34.8 Å². The van der Waals surface area contributed by atoms with E-state index < -0.39 is 16.1 Å². The second-order valence-electron chi connectivity index (χ2n) is 12.6. The maximum absolute atomic E-state index is 13.8. The Balaban J connectivity index is 1.15. The Labute approximate surface area is 268 Å². The summed E-state index contributed by atoms with van der Waals surface area (Å²) in [5.41, 5.74) is 4.37. The minimum Gasteiger partial charge on any atom is -0.497 e. The molecule has 1 atom stereocenters. The van der Waals surface area contributed by atoms with Gasteiger partial charge in [-0.05, 0) is 112 Å². The summed E-state index contributed by atoms with van der Waals surface area (Å²) < 4.78 is 38.2. The minimum atomic E-state index is -3.85. The lowest BCUT2D eigenvalue weighted by Gasteiger charge is -2.46. The maximum Gasteiger partial charge on any atom is 0.256 e. The molecule has 1 spiro atoms. The summed E-state index contributed by atoms with van der Waals surface area (Å²) in [4.78, 5) is 26.6. The summed E-state index contributed by atoms with van der Waals surface area (Å²) in [5, 5.41) is 6.21. The summed E-state index contributed by atoms with van der Waals surface area (Å²) in [6.45, 7) is 9.73. The van der Waals surface area contributed by atoms with Gasteiger partial charge in [0, 0.05) is 32.1 Å². The van der Waals surface area contributed by atoms with E-state index in [1.165, 1.54) is 15.8 Å². The average molecular weight is 652 g/mol. The number of aromatic nitrogens is 4. The number of nitrogens with one attached hydrogen (secondary N) is 1. The molecule has 240 valence electrons. The molecule has 0 radical (unpaired) electrons. The number of likely N-dealkylation sites (tertiary alicyclic amines) is 2. The molecule has 0 saturated carbocycles. The fourth-order valence-corrected chi connectivity index (χ4v) is 9.08. The van der Waals surface area contributed by atoms with Crippen molar-refractivity contribution in [3.63, 3.8) is 0 Å². The molecule has 6 rings (SSSR count). The van der Waals surface area contributed by atoms with Crippen LogP contribution in [0.15, 0.2) is 40.6 Å². The molecule has 1 N–H and O–H groups in total. The molecule has 2 aromatic carbocycles. The molecular formula is C32H41N7O4S2. The molecule has 0 aliphatic carbocycles. The van der Waals surface area contributed by atoms with E-state index in [4.69, 9.17) is 9.72 Å². The highest BCUT2D eigenvalue weighted by molar-refractivity contribution is 7.89. The number of aromatic amines is 1. The van der Waals surface area contributed by atoms with Crippen LogP contribution in [0.3, 0.4) is 0 Å². The number of imidazole rings is 1. The van der Waals surface area contributed by atoms with E-state index in [1.807, 2.05) is 28.5 Å². The predicted molar refractivity (Wildman–Crippen MR) is 174 cm³/mol. The van der Waals surface area contributed by atoms with Crippen LogP contribution in [-0.2, 0) is 16.6 Å². The highest BCUT2D eigenvalue weighted by Gasteiger charge is 2.39. The van der Waals surface area contributed by atoms with Crippen molar-refractivity contribution in [2.75, 3.05) is 40.3 Å². The first-order chi connectivity index (χ1) is 21.5. The number of aryl methyl sites for hydroxylation is 2. The van der Waals surface area contributed by atoms with E-state index in [0.717, 1.165) is 64.1 Å². The monoisotopic (exact) mass is 651 g/mol. The van der Waals surface area contributed by atoms with Crippen molar-refractivity contribution in [1.82, 2.24) is 33.7 Å². The Bertz CT molecular complexity index is 1760. The van der Waals surface area contributed by atoms with Crippen molar-refractivity contribution in [2.45, 2.75) is 63.9 Å². The molecule has 2 aliphatic heterocycles. The number of piperidine rings is 2. The molecule has 45 heavy (non-hydrogen) atoms. The Kier molecular flexibility index (Phi) is 8.72. The van der Waals surface area contributed by atoms with Crippen molar-refractivity contribution in [2.24, 2.45) is 5.41 Å². The van der Waals surface area contributed by atoms with Gasteiger partial charge in [0.25, 0.3) is 5.91 Å². The minimum absolute atomic E-state index is 0.0277. The summed E-state index contributed by atoms with van der Waals surface area (Å²) >= 11 is 1.40. The molecule has 1 unspecified atom stereocenters. The Morgan fingerprint density at radius 3 is 2.40 bits per heavy atom. The van der Waals surface area contributed by atoms with Crippen LogP contribution in [0.4, 0.5) is 0 Å². The fraction of sp³-hybridized carbons (Fsp3) is 0.500. The maximum atomic E-state index is 13.8. The smallest absolute Gasteiger partial charge is 0.256 e. The van der Waals surface area contributed by atoms with Gasteiger partial charge < -0.3 is 14.6 Å². The van der Waals surface area contributed by atoms with Crippen LogP contribution in [0, 0.1) is 19.3 Å². The second-order valence-corrected chi connectivity index (χ2v) is 15.1. The lowest BCUT2D eigenvalue weighted by atomic mass is 9.71. The number of ether oxygens (including phenoxy) is 1. The highest BCUT2D eigenvalue weighted by Crippen LogP contribution is 2.42. The van der Waals surface area contributed by atoms with E-state index in [-0.39, 0.29) is 16.2 Å². The van der Waals surface area contributed by atoms with Crippen LogP contribution in [0.5, 0.6) is 5.75 Å². The number of para-hydroxylation sites is 1. The molecule has 4 aromatic rings. The number of H-pyrrole nitrogens is 1. The number of benzene rings is 2. The summed E-state index contributed by atoms with van der Waals surface area (Å²) in [6, 6.07) is 8.41. The number of hydrogen-bond donors (Lipinski definition) is 1. The van der Waals surface area contributed by atoms with E-state index in [9.17, 15) is 13.2 Å². The van der Waals surface area contributed by atoms with Crippen LogP contribution in [-0.4, -0.2) is 88.3 Å². The summed E-state index contributed by atoms with van der Waals surface area (Å²) in [6.07, 6.45) is 4.26. The van der Waals surface area contributed by atoms with Gasteiger partial charge >= 0.3 is 0 Å². The van der Waals surface area contributed by atoms with Gasteiger partial charge in [-0.15, -0.1) is 5.10 Å². The average Bonchev–Trinajstić information content (AvgIpc) is 3.71. The number of carbonyl (C=O) groups is 1. The molecular weight excluding hydrogens is 611 g/mol. The zero-order valence-electron chi connectivity index (χ0n) is 26.5. The number of rotatable bonds is 8. The van der Waals surface area contributed by atoms with Gasteiger partial charge in [-0.3, -0.25) is 9.69 Å². The lowest BCUT2D eigenvalue weighted by molar-refractivity contribution is 0.0283. The largest absolute Gasteiger partial charge is 0.497 e. The van der Waals surface area contributed by atoms with Gasteiger partial charge in [-0.25, -0.2) is 13.4 Å². The summed E-state index contributed by atoms with van der Waals surface area (Å²) in [5.74, 6) is 1.07. The van der Waals surface area contributed by atoms with Crippen LogP contribution >= 0.6 is 11.5 Å². The van der Waals surface area contributed by atoms with Crippen LogP contribution in [0.2, 0.25) is 0 Å². The number of sulfonamides is 1. The number of nitrogens with zero attached hydrogens (tertiary/aromatic N) is 6. The summed E-state index contributed by atoms with van der Waals surface area (Å²) in [7, 11) is -0.725. The first-order valence-electron chi connectivity index (χ1n) is 15.4. The van der Waals surface area contributed by atoms with Crippen molar-refractivity contribution < 1.29 is 17.9 Å². The Morgan fingerprint density at radius 1 is 1.11 bits per heavy atom. The van der Waals surface area contributed by atoms with Gasteiger partial charge in [-0.1, -0.05) is 10.6 Å². The van der Waals surface area contributed by atoms with Gasteiger partial charge in [0.1, 0.15) is 17.1 Å². The van der Waals surface area contributed by atoms with Crippen molar-refractivity contribution >= 4 is 38.5 Å². The van der Waals surface area contributed by atoms with Crippen molar-refractivity contribution in [3.05, 3.63) is 63.9 Å². The molecule has 2 saturated heterocycles. The molecule has 4 heterocycles. The molecule has 2 fully saturated rings. The molecule has 11 nitrogen and oxygen atoms in total. The first-order valence-corrected chi connectivity index (χ1v) is 17.7. The predicted octanol–water partition coefficient (Wildman–Crippen LogP) is 4.94. The van der Waals surface area contributed by atoms with Gasteiger partial charge in [0.15, 0.2) is 0 Å². The van der Waals surface area contributed by atoms with Crippen molar-refractivity contribution in [3.8, 4) is 5.75 Å². The highest BCUT2D eigenvalue weighted by atomic mass is 32.2. The molecule has 1 amide bonds. The van der Waals surface area contributed by atoms with Gasteiger partial charge in [0.2, 0.25) is 10.0 Å². The molecule has 2 aromatic heterocycles. The number of carbonyl (C=O) groups excluding carboxylic acids is 1. The van der Waals surface area contributed by atoms with Crippen molar-refractivity contribution in [1.29, 1.82) is 0 Å². The fourth-order valence-electron chi connectivity index (χ4n) is 6.90. The molecule has 13 heteroatoms. The quantitative estimate of drug-likeness (QED) is 0.284. The van der Waals surface area contributed by atoms with Crippen LogP contribution in [0.25, 0.3) is 11.0 Å².